The highest BCUT2D eigenvalue weighted by Gasteiger charge is 2.04. The minimum absolute atomic E-state index is 0.189. The highest BCUT2D eigenvalue weighted by molar-refractivity contribution is 5.16. The molecule has 0 amide bonds. The van der Waals surface area contributed by atoms with Crippen LogP contribution < -0.4 is 5.32 Å². The Morgan fingerprint density at radius 3 is 2.87 bits per heavy atom. The molecule has 3 heteroatoms. The van der Waals surface area contributed by atoms with Gasteiger partial charge in [0.1, 0.15) is 5.82 Å². The van der Waals surface area contributed by atoms with Crippen molar-refractivity contribution in [2.75, 3.05) is 6.61 Å². The molecule has 0 fully saturated rings. The highest BCUT2D eigenvalue weighted by Crippen LogP contribution is 2.05. The van der Waals surface area contributed by atoms with Crippen molar-refractivity contribution >= 4 is 0 Å². The van der Waals surface area contributed by atoms with Crippen molar-refractivity contribution in [2.45, 2.75) is 32.4 Å². The highest BCUT2D eigenvalue weighted by atomic mass is 19.1. The van der Waals surface area contributed by atoms with Crippen LogP contribution in [0.2, 0.25) is 0 Å². The molecule has 1 atom stereocenters. The lowest BCUT2D eigenvalue weighted by molar-refractivity contribution is 0.262. The van der Waals surface area contributed by atoms with Gasteiger partial charge in [0, 0.05) is 19.2 Å². The molecule has 15 heavy (non-hydrogen) atoms. The van der Waals surface area contributed by atoms with Gasteiger partial charge in [0.15, 0.2) is 0 Å². The second kappa shape index (κ2) is 6.53. The van der Waals surface area contributed by atoms with Gasteiger partial charge < -0.3 is 10.4 Å². The van der Waals surface area contributed by atoms with Crippen LogP contribution in [0.25, 0.3) is 0 Å². The topological polar surface area (TPSA) is 32.3 Å². The SMILES string of the molecule is CCC(CCO)NCc1cccc(F)c1. The summed E-state index contributed by atoms with van der Waals surface area (Å²) >= 11 is 0. The summed E-state index contributed by atoms with van der Waals surface area (Å²) in [6.45, 7) is 2.91. The lowest BCUT2D eigenvalue weighted by Gasteiger charge is -2.15. The van der Waals surface area contributed by atoms with E-state index in [0.29, 0.717) is 12.6 Å². The van der Waals surface area contributed by atoms with E-state index in [-0.39, 0.29) is 12.4 Å². The Morgan fingerprint density at radius 1 is 1.47 bits per heavy atom. The molecule has 0 radical (unpaired) electrons. The second-order valence-electron chi connectivity index (χ2n) is 3.63. The van der Waals surface area contributed by atoms with Crippen molar-refractivity contribution in [3.05, 3.63) is 35.6 Å². The van der Waals surface area contributed by atoms with Crippen molar-refractivity contribution in [2.24, 2.45) is 0 Å². The Labute approximate surface area is 90.1 Å². The zero-order chi connectivity index (χ0) is 11.1. The van der Waals surface area contributed by atoms with Crippen LogP contribution in [0, 0.1) is 5.82 Å². The van der Waals surface area contributed by atoms with Crippen molar-refractivity contribution in [1.82, 2.24) is 5.32 Å². The molecule has 1 aromatic carbocycles. The Balaban J connectivity index is 2.41. The molecule has 2 nitrogen and oxygen atoms in total. The first-order valence-corrected chi connectivity index (χ1v) is 5.35. The van der Waals surface area contributed by atoms with Crippen LogP contribution in [0.1, 0.15) is 25.3 Å². The third-order valence-corrected chi connectivity index (χ3v) is 2.45. The number of nitrogens with one attached hydrogen (secondary N) is 1. The molecule has 1 aromatic rings. The Hall–Kier alpha value is -0.930. The smallest absolute Gasteiger partial charge is 0.123 e. The van der Waals surface area contributed by atoms with Crippen LogP contribution in [0.5, 0.6) is 0 Å². The van der Waals surface area contributed by atoms with E-state index in [9.17, 15) is 4.39 Å². The quantitative estimate of drug-likeness (QED) is 0.755. The predicted molar refractivity (Wildman–Crippen MR) is 59.0 cm³/mol. The van der Waals surface area contributed by atoms with Gasteiger partial charge in [-0.05, 0) is 30.5 Å². The summed E-state index contributed by atoms with van der Waals surface area (Å²) in [5.41, 5.74) is 0.936. The minimum atomic E-state index is -0.204. The van der Waals surface area contributed by atoms with Gasteiger partial charge in [-0.2, -0.15) is 0 Å². The number of halogens is 1. The number of rotatable bonds is 6. The van der Waals surface area contributed by atoms with E-state index in [4.69, 9.17) is 5.11 Å². The molecule has 1 unspecified atom stereocenters. The second-order valence-corrected chi connectivity index (χ2v) is 3.63. The van der Waals surface area contributed by atoms with Gasteiger partial charge in [0.2, 0.25) is 0 Å². The molecule has 0 aliphatic heterocycles. The Morgan fingerprint density at radius 2 is 2.27 bits per heavy atom. The largest absolute Gasteiger partial charge is 0.396 e. The van der Waals surface area contributed by atoms with Gasteiger partial charge in [0.25, 0.3) is 0 Å². The first kappa shape index (κ1) is 12.1. The van der Waals surface area contributed by atoms with Gasteiger partial charge in [-0.1, -0.05) is 19.1 Å². The van der Waals surface area contributed by atoms with Gasteiger partial charge >= 0.3 is 0 Å². The standard InChI is InChI=1S/C12H18FNO/c1-2-12(6-7-15)14-9-10-4-3-5-11(13)8-10/h3-5,8,12,14-15H,2,6-7,9H2,1H3. The van der Waals surface area contributed by atoms with E-state index < -0.39 is 0 Å². The molecule has 2 N–H and O–H groups in total. The molecule has 0 aliphatic rings. The average Bonchev–Trinajstić information content (AvgIpc) is 2.24. The summed E-state index contributed by atoms with van der Waals surface area (Å²) in [6, 6.07) is 6.87. The van der Waals surface area contributed by atoms with Crippen LogP contribution >= 0.6 is 0 Å². The first-order chi connectivity index (χ1) is 7.26. The number of aliphatic hydroxyl groups excluding tert-OH is 1. The fourth-order valence-electron chi connectivity index (χ4n) is 1.52. The maximum atomic E-state index is 12.9. The van der Waals surface area contributed by atoms with Crippen molar-refractivity contribution in [1.29, 1.82) is 0 Å². The van der Waals surface area contributed by atoms with Gasteiger partial charge in [-0.15, -0.1) is 0 Å². The molecule has 0 aliphatic carbocycles. The van der Waals surface area contributed by atoms with Gasteiger partial charge in [0.05, 0.1) is 0 Å². The molecule has 84 valence electrons. The molecule has 0 saturated carbocycles. The number of benzene rings is 1. The third kappa shape index (κ3) is 4.40. The molecular formula is C12H18FNO. The minimum Gasteiger partial charge on any atom is -0.396 e. The monoisotopic (exact) mass is 211 g/mol. The molecule has 0 bridgehead atoms. The van der Waals surface area contributed by atoms with E-state index in [2.05, 4.69) is 12.2 Å². The molecule has 0 aromatic heterocycles. The number of aliphatic hydroxyl groups is 1. The van der Waals surface area contributed by atoms with E-state index in [1.807, 2.05) is 6.07 Å². The van der Waals surface area contributed by atoms with Crippen molar-refractivity contribution in [3.63, 3.8) is 0 Å². The zero-order valence-electron chi connectivity index (χ0n) is 9.04. The van der Waals surface area contributed by atoms with Gasteiger partial charge in [-0.25, -0.2) is 4.39 Å². The van der Waals surface area contributed by atoms with Crippen LogP contribution in [0.4, 0.5) is 4.39 Å². The van der Waals surface area contributed by atoms with E-state index >= 15 is 0 Å². The van der Waals surface area contributed by atoms with Crippen LogP contribution in [0.15, 0.2) is 24.3 Å². The third-order valence-electron chi connectivity index (χ3n) is 2.45. The molecule has 1 rings (SSSR count). The number of hydrogen-bond donors (Lipinski definition) is 2. The lowest BCUT2D eigenvalue weighted by atomic mass is 10.1. The maximum absolute atomic E-state index is 12.9. The average molecular weight is 211 g/mol. The maximum Gasteiger partial charge on any atom is 0.123 e. The lowest BCUT2D eigenvalue weighted by Crippen LogP contribution is -2.28. The van der Waals surface area contributed by atoms with E-state index in [1.54, 1.807) is 6.07 Å². The van der Waals surface area contributed by atoms with Gasteiger partial charge in [-0.3, -0.25) is 0 Å². The van der Waals surface area contributed by atoms with Crippen LogP contribution in [0.3, 0.4) is 0 Å². The predicted octanol–water partition coefficient (Wildman–Crippen LogP) is 2.08. The summed E-state index contributed by atoms with van der Waals surface area (Å²) in [7, 11) is 0. The van der Waals surface area contributed by atoms with E-state index in [1.165, 1.54) is 12.1 Å². The Bertz CT molecular complexity index is 291. The summed E-state index contributed by atoms with van der Waals surface area (Å²) in [5, 5.41) is 12.1. The summed E-state index contributed by atoms with van der Waals surface area (Å²) < 4.78 is 12.9. The first-order valence-electron chi connectivity index (χ1n) is 5.35. The van der Waals surface area contributed by atoms with Crippen molar-refractivity contribution < 1.29 is 9.50 Å². The molecule has 0 heterocycles. The fourth-order valence-corrected chi connectivity index (χ4v) is 1.52. The number of hydrogen-bond acceptors (Lipinski definition) is 2. The molecule has 0 spiro atoms. The van der Waals surface area contributed by atoms with E-state index in [0.717, 1.165) is 18.4 Å². The summed E-state index contributed by atoms with van der Waals surface area (Å²) in [4.78, 5) is 0. The molecule has 0 saturated heterocycles. The molecular weight excluding hydrogens is 193 g/mol. The zero-order valence-corrected chi connectivity index (χ0v) is 9.04. The summed E-state index contributed by atoms with van der Waals surface area (Å²) in [6.07, 6.45) is 1.71. The Kier molecular flexibility index (Phi) is 5.29. The van der Waals surface area contributed by atoms with Crippen LogP contribution in [-0.2, 0) is 6.54 Å². The fraction of sp³-hybridized carbons (Fsp3) is 0.500. The van der Waals surface area contributed by atoms with Crippen molar-refractivity contribution in [3.8, 4) is 0 Å². The normalized spacial score (nSPS) is 12.7. The van der Waals surface area contributed by atoms with Crippen LogP contribution in [-0.4, -0.2) is 17.8 Å². The summed E-state index contributed by atoms with van der Waals surface area (Å²) in [5.74, 6) is -0.204.